The topological polar surface area (TPSA) is 56.1 Å². The SMILES string of the molecule is CNC(=O)C1CCCN(CCC#N)C1. The summed E-state index contributed by atoms with van der Waals surface area (Å²) >= 11 is 0. The summed E-state index contributed by atoms with van der Waals surface area (Å²) in [5.74, 6) is 0.249. The number of piperidine rings is 1. The highest BCUT2D eigenvalue weighted by Gasteiger charge is 2.24. The summed E-state index contributed by atoms with van der Waals surface area (Å²) in [5.41, 5.74) is 0. The molecule has 0 aromatic heterocycles. The highest BCUT2D eigenvalue weighted by Crippen LogP contribution is 2.16. The van der Waals surface area contributed by atoms with E-state index in [0.29, 0.717) is 6.42 Å². The Morgan fingerprint density at radius 1 is 1.71 bits per heavy atom. The Labute approximate surface area is 84.9 Å². The van der Waals surface area contributed by atoms with Gasteiger partial charge in [-0.2, -0.15) is 5.26 Å². The molecule has 0 spiro atoms. The van der Waals surface area contributed by atoms with Gasteiger partial charge in [-0.25, -0.2) is 0 Å². The van der Waals surface area contributed by atoms with Gasteiger partial charge in [-0.15, -0.1) is 0 Å². The summed E-state index contributed by atoms with van der Waals surface area (Å²) in [7, 11) is 1.68. The quantitative estimate of drug-likeness (QED) is 0.707. The first-order chi connectivity index (χ1) is 6.77. The van der Waals surface area contributed by atoms with Crippen LogP contribution in [0, 0.1) is 17.2 Å². The molecule has 1 aliphatic rings. The molecule has 0 aromatic carbocycles. The lowest BCUT2D eigenvalue weighted by atomic mass is 9.97. The molecule has 4 heteroatoms. The third-order valence-corrected chi connectivity index (χ3v) is 2.66. The van der Waals surface area contributed by atoms with Crippen molar-refractivity contribution in [2.45, 2.75) is 19.3 Å². The summed E-state index contributed by atoms with van der Waals surface area (Å²) in [4.78, 5) is 13.6. The molecule has 1 amide bonds. The summed E-state index contributed by atoms with van der Waals surface area (Å²) < 4.78 is 0. The first kappa shape index (κ1) is 11.0. The maximum absolute atomic E-state index is 11.4. The molecule has 4 nitrogen and oxygen atoms in total. The van der Waals surface area contributed by atoms with Crippen molar-refractivity contribution in [3.8, 4) is 6.07 Å². The molecule has 1 heterocycles. The van der Waals surface area contributed by atoms with Crippen molar-refractivity contribution >= 4 is 5.91 Å². The number of carbonyl (C=O) groups excluding carboxylic acids is 1. The van der Waals surface area contributed by atoms with E-state index in [1.54, 1.807) is 7.05 Å². The van der Waals surface area contributed by atoms with E-state index in [9.17, 15) is 4.79 Å². The van der Waals surface area contributed by atoms with E-state index in [4.69, 9.17) is 5.26 Å². The van der Waals surface area contributed by atoms with Crippen LogP contribution >= 0.6 is 0 Å². The fourth-order valence-corrected chi connectivity index (χ4v) is 1.88. The summed E-state index contributed by atoms with van der Waals surface area (Å²) in [6.45, 7) is 2.63. The van der Waals surface area contributed by atoms with Crippen LogP contribution in [0.15, 0.2) is 0 Å². The maximum atomic E-state index is 11.4. The number of carbonyl (C=O) groups is 1. The molecule has 0 bridgehead atoms. The van der Waals surface area contributed by atoms with Crippen LogP contribution < -0.4 is 5.32 Å². The van der Waals surface area contributed by atoms with E-state index in [0.717, 1.165) is 32.5 Å². The molecule has 1 saturated heterocycles. The third kappa shape index (κ3) is 3.00. The number of nitriles is 1. The number of likely N-dealkylation sites (tertiary alicyclic amines) is 1. The van der Waals surface area contributed by atoms with Crippen molar-refractivity contribution in [3.63, 3.8) is 0 Å². The van der Waals surface area contributed by atoms with Gasteiger partial charge in [0.2, 0.25) is 5.91 Å². The second-order valence-electron chi connectivity index (χ2n) is 3.66. The lowest BCUT2D eigenvalue weighted by Gasteiger charge is -2.30. The van der Waals surface area contributed by atoms with Gasteiger partial charge in [-0.1, -0.05) is 0 Å². The standard InChI is InChI=1S/C10H17N3O/c1-12-10(14)9-4-2-6-13(8-9)7-3-5-11/h9H,2-4,6-8H2,1H3,(H,12,14). The molecular formula is C10H17N3O. The van der Waals surface area contributed by atoms with Gasteiger partial charge >= 0.3 is 0 Å². The average Bonchev–Trinajstić information content (AvgIpc) is 2.25. The first-order valence-corrected chi connectivity index (χ1v) is 5.09. The van der Waals surface area contributed by atoms with Crippen molar-refractivity contribution in [1.82, 2.24) is 10.2 Å². The second kappa shape index (κ2) is 5.61. The minimum absolute atomic E-state index is 0.118. The smallest absolute Gasteiger partial charge is 0.224 e. The van der Waals surface area contributed by atoms with Crippen LogP contribution in [0.1, 0.15) is 19.3 Å². The van der Waals surface area contributed by atoms with Crippen LogP contribution in [-0.4, -0.2) is 37.5 Å². The van der Waals surface area contributed by atoms with Crippen molar-refractivity contribution < 1.29 is 4.79 Å². The van der Waals surface area contributed by atoms with Gasteiger partial charge < -0.3 is 10.2 Å². The molecule has 1 N–H and O–H groups in total. The minimum atomic E-state index is 0.118. The fourth-order valence-electron chi connectivity index (χ4n) is 1.88. The summed E-state index contributed by atoms with van der Waals surface area (Å²) in [6.07, 6.45) is 2.59. The van der Waals surface area contributed by atoms with Crippen LogP contribution in [0.2, 0.25) is 0 Å². The number of amides is 1. The van der Waals surface area contributed by atoms with E-state index in [-0.39, 0.29) is 11.8 Å². The molecule has 1 aliphatic heterocycles. The molecule has 1 unspecified atom stereocenters. The van der Waals surface area contributed by atoms with Gasteiger partial charge in [0.05, 0.1) is 12.0 Å². The lowest BCUT2D eigenvalue weighted by Crippen LogP contribution is -2.42. The van der Waals surface area contributed by atoms with E-state index in [1.165, 1.54) is 0 Å². The number of nitrogens with zero attached hydrogens (tertiary/aromatic N) is 2. The van der Waals surface area contributed by atoms with E-state index in [2.05, 4.69) is 16.3 Å². The molecule has 1 fully saturated rings. The molecule has 0 saturated carbocycles. The van der Waals surface area contributed by atoms with E-state index in [1.807, 2.05) is 0 Å². The van der Waals surface area contributed by atoms with Gasteiger partial charge in [0, 0.05) is 26.6 Å². The van der Waals surface area contributed by atoms with Crippen LogP contribution in [0.4, 0.5) is 0 Å². The Bertz CT molecular complexity index is 234. The van der Waals surface area contributed by atoms with Crippen molar-refractivity contribution in [3.05, 3.63) is 0 Å². The van der Waals surface area contributed by atoms with Crippen molar-refractivity contribution in [2.24, 2.45) is 5.92 Å². The predicted octanol–water partition coefficient (Wildman–Crippen LogP) is 0.358. The average molecular weight is 195 g/mol. The largest absolute Gasteiger partial charge is 0.359 e. The maximum Gasteiger partial charge on any atom is 0.224 e. The zero-order valence-corrected chi connectivity index (χ0v) is 8.62. The number of hydrogen-bond donors (Lipinski definition) is 1. The zero-order valence-electron chi connectivity index (χ0n) is 8.62. The van der Waals surface area contributed by atoms with E-state index >= 15 is 0 Å². The molecule has 78 valence electrons. The zero-order chi connectivity index (χ0) is 10.4. The Morgan fingerprint density at radius 2 is 2.50 bits per heavy atom. The Kier molecular flexibility index (Phi) is 4.41. The number of nitrogens with one attached hydrogen (secondary N) is 1. The molecule has 1 atom stereocenters. The predicted molar refractivity (Wildman–Crippen MR) is 53.5 cm³/mol. The highest BCUT2D eigenvalue weighted by atomic mass is 16.1. The molecule has 0 aromatic rings. The third-order valence-electron chi connectivity index (χ3n) is 2.66. The van der Waals surface area contributed by atoms with E-state index < -0.39 is 0 Å². The summed E-state index contributed by atoms with van der Waals surface area (Å²) in [5, 5.41) is 11.1. The number of hydrogen-bond acceptors (Lipinski definition) is 3. The minimum Gasteiger partial charge on any atom is -0.359 e. The Balaban J connectivity index is 2.36. The molecular weight excluding hydrogens is 178 g/mol. The van der Waals surface area contributed by atoms with Crippen LogP contribution in [-0.2, 0) is 4.79 Å². The Hall–Kier alpha value is -1.08. The van der Waals surface area contributed by atoms with Gasteiger partial charge in [0.25, 0.3) is 0 Å². The molecule has 14 heavy (non-hydrogen) atoms. The van der Waals surface area contributed by atoms with Crippen molar-refractivity contribution in [1.29, 1.82) is 5.26 Å². The van der Waals surface area contributed by atoms with Gasteiger partial charge in [-0.3, -0.25) is 4.79 Å². The molecule has 0 radical (unpaired) electrons. The Morgan fingerprint density at radius 3 is 3.14 bits per heavy atom. The lowest BCUT2D eigenvalue weighted by molar-refractivity contribution is -0.126. The normalized spacial score (nSPS) is 22.7. The monoisotopic (exact) mass is 195 g/mol. The van der Waals surface area contributed by atoms with Gasteiger partial charge in [0.15, 0.2) is 0 Å². The molecule has 0 aliphatic carbocycles. The molecule has 1 rings (SSSR count). The van der Waals surface area contributed by atoms with Gasteiger partial charge in [-0.05, 0) is 19.4 Å². The van der Waals surface area contributed by atoms with Crippen molar-refractivity contribution in [2.75, 3.05) is 26.7 Å². The second-order valence-corrected chi connectivity index (χ2v) is 3.66. The summed E-state index contributed by atoms with van der Waals surface area (Å²) in [6, 6.07) is 2.13. The number of rotatable bonds is 3. The fraction of sp³-hybridized carbons (Fsp3) is 0.800. The van der Waals surface area contributed by atoms with Gasteiger partial charge in [0.1, 0.15) is 0 Å². The van der Waals surface area contributed by atoms with Crippen LogP contribution in [0.3, 0.4) is 0 Å². The highest BCUT2D eigenvalue weighted by molar-refractivity contribution is 5.78. The first-order valence-electron chi connectivity index (χ1n) is 5.09. The van der Waals surface area contributed by atoms with Crippen LogP contribution in [0.5, 0.6) is 0 Å². The van der Waals surface area contributed by atoms with Crippen LogP contribution in [0.25, 0.3) is 0 Å².